The largest absolute Gasteiger partial charge is 0.478 e. The molecule has 5 nitrogen and oxygen atoms in total. The van der Waals surface area contributed by atoms with Gasteiger partial charge >= 0.3 is 12.1 Å². The number of nitrogens with zero attached hydrogens (tertiary/aromatic N) is 1. The first-order chi connectivity index (χ1) is 7.79. The van der Waals surface area contributed by atoms with Gasteiger partial charge in [-0.05, 0) is 33.6 Å². The molecule has 17 heavy (non-hydrogen) atoms. The summed E-state index contributed by atoms with van der Waals surface area (Å²) in [4.78, 5) is 24.1. The highest BCUT2D eigenvalue weighted by molar-refractivity contribution is 5.86. The summed E-state index contributed by atoms with van der Waals surface area (Å²) in [6, 6.07) is 0. The molecular weight excluding hydrogens is 222 g/mol. The average molecular weight is 241 g/mol. The van der Waals surface area contributed by atoms with E-state index in [-0.39, 0.29) is 6.09 Å². The lowest BCUT2D eigenvalue weighted by atomic mass is 10.2. The zero-order valence-electron chi connectivity index (χ0n) is 10.5. The number of hydrogen-bond acceptors (Lipinski definition) is 3. The van der Waals surface area contributed by atoms with Gasteiger partial charge in [-0.3, -0.25) is 0 Å². The molecule has 96 valence electrons. The number of carbonyl (C=O) groups is 2. The minimum atomic E-state index is -0.906. The van der Waals surface area contributed by atoms with Gasteiger partial charge in [-0.1, -0.05) is 6.08 Å². The van der Waals surface area contributed by atoms with Crippen LogP contribution in [0.5, 0.6) is 0 Å². The van der Waals surface area contributed by atoms with Crippen LogP contribution in [0.4, 0.5) is 4.79 Å². The van der Waals surface area contributed by atoms with Crippen molar-refractivity contribution in [3.05, 3.63) is 11.6 Å². The molecule has 1 aliphatic rings. The molecular formula is C12H19NO4. The fourth-order valence-corrected chi connectivity index (χ4v) is 1.57. The number of carboxylic acid groups (broad SMARTS) is 1. The van der Waals surface area contributed by atoms with E-state index in [9.17, 15) is 9.59 Å². The first-order valence-corrected chi connectivity index (χ1v) is 5.70. The molecule has 0 radical (unpaired) electrons. The lowest BCUT2D eigenvalue weighted by Gasteiger charge is -2.26. The maximum Gasteiger partial charge on any atom is 0.410 e. The van der Waals surface area contributed by atoms with Gasteiger partial charge in [0.1, 0.15) is 5.60 Å². The second-order valence-electron chi connectivity index (χ2n) is 5.04. The van der Waals surface area contributed by atoms with Gasteiger partial charge in [-0.25, -0.2) is 9.59 Å². The molecule has 0 spiro atoms. The van der Waals surface area contributed by atoms with Crippen molar-refractivity contribution in [1.82, 2.24) is 4.90 Å². The normalized spacial score (nSPS) is 17.1. The van der Waals surface area contributed by atoms with Gasteiger partial charge in [0.15, 0.2) is 0 Å². The number of rotatable bonds is 1. The van der Waals surface area contributed by atoms with Gasteiger partial charge in [-0.15, -0.1) is 0 Å². The summed E-state index contributed by atoms with van der Waals surface area (Å²) >= 11 is 0. The van der Waals surface area contributed by atoms with Crippen LogP contribution in [0.2, 0.25) is 0 Å². The molecule has 0 aliphatic carbocycles. The number of ether oxygens (including phenoxy) is 1. The topological polar surface area (TPSA) is 66.8 Å². The molecule has 5 heteroatoms. The SMILES string of the molecule is CC(C)(C)OC(=O)N1CCC=C(C(=O)O)CC1. The predicted octanol–water partition coefficient (Wildman–Crippen LogP) is 2.03. The van der Waals surface area contributed by atoms with Crippen LogP contribution < -0.4 is 0 Å². The van der Waals surface area contributed by atoms with Crippen molar-refractivity contribution in [2.75, 3.05) is 13.1 Å². The Kier molecular flexibility index (Phi) is 4.15. The zero-order chi connectivity index (χ0) is 13.1. The van der Waals surface area contributed by atoms with Crippen molar-refractivity contribution in [3.63, 3.8) is 0 Å². The molecule has 1 rings (SSSR count). The lowest BCUT2D eigenvalue weighted by molar-refractivity contribution is -0.132. The van der Waals surface area contributed by atoms with Crippen LogP contribution in [0, 0.1) is 0 Å². The van der Waals surface area contributed by atoms with Crippen molar-refractivity contribution >= 4 is 12.1 Å². The van der Waals surface area contributed by atoms with E-state index < -0.39 is 11.6 Å². The number of hydrogen-bond donors (Lipinski definition) is 1. The maximum absolute atomic E-state index is 11.8. The third-order valence-corrected chi connectivity index (χ3v) is 2.37. The molecule has 0 saturated heterocycles. The van der Waals surface area contributed by atoms with Crippen LogP contribution >= 0.6 is 0 Å². The third-order valence-electron chi connectivity index (χ3n) is 2.37. The van der Waals surface area contributed by atoms with E-state index >= 15 is 0 Å². The van der Waals surface area contributed by atoms with E-state index in [2.05, 4.69) is 0 Å². The second kappa shape index (κ2) is 5.21. The van der Waals surface area contributed by atoms with E-state index in [4.69, 9.17) is 9.84 Å². The summed E-state index contributed by atoms with van der Waals surface area (Å²) in [5, 5.41) is 8.87. The van der Waals surface area contributed by atoms with Crippen LogP contribution in [-0.4, -0.2) is 40.8 Å². The Balaban J connectivity index is 2.55. The van der Waals surface area contributed by atoms with Gasteiger partial charge in [0.25, 0.3) is 0 Å². The Morgan fingerprint density at radius 1 is 1.35 bits per heavy atom. The first-order valence-electron chi connectivity index (χ1n) is 5.70. The van der Waals surface area contributed by atoms with Gasteiger partial charge < -0.3 is 14.7 Å². The standard InChI is InChI=1S/C12H19NO4/c1-12(2,3)17-11(16)13-7-4-5-9(6-8-13)10(14)15/h5H,4,6-8H2,1-3H3,(H,14,15). The molecule has 1 amide bonds. The molecule has 1 N–H and O–H groups in total. The molecule has 0 saturated carbocycles. The van der Waals surface area contributed by atoms with E-state index in [1.165, 1.54) is 0 Å². The minimum absolute atomic E-state index is 0.370. The summed E-state index contributed by atoms with van der Waals surface area (Å²) in [6.07, 6.45) is 2.22. The van der Waals surface area contributed by atoms with E-state index in [1.54, 1.807) is 11.0 Å². The Labute approximate surface area is 101 Å². The lowest BCUT2D eigenvalue weighted by Crippen LogP contribution is -2.37. The fraction of sp³-hybridized carbons (Fsp3) is 0.667. The molecule has 0 unspecified atom stereocenters. The van der Waals surface area contributed by atoms with Gasteiger partial charge in [0, 0.05) is 18.7 Å². The Hall–Kier alpha value is -1.52. The van der Waals surface area contributed by atoms with E-state index in [0.29, 0.717) is 31.5 Å². The Bertz CT molecular complexity index is 341. The molecule has 0 fully saturated rings. The van der Waals surface area contributed by atoms with Crippen LogP contribution in [0.3, 0.4) is 0 Å². The predicted molar refractivity (Wildman–Crippen MR) is 62.8 cm³/mol. The molecule has 0 aromatic rings. The van der Waals surface area contributed by atoms with Crippen molar-refractivity contribution in [2.24, 2.45) is 0 Å². The van der Waals surface area contributed by atoms with Gasteiger partial charge in [-0.2, -0.15) is 0 Å². The molecule has 0 aromatic heterocycles. The maximum atomic E-state index is 11.8. The monoisotopic (exact) mass is 241 g/mol. The van der Waals surface area contributed by atoms with Crippen LogP contribution in [-0.2, 0) is 9.53 Å². The summed E-state index contributed by atoms with van der Waals surface area (Å²) in [7, 11) is 0. The molecule has 0 atom stereocenters. The number of amides is 1. The quantitative estimate of drug-likeness (QED) is 0.762. The Morgan fingerprint density at radius 2 is 2.00 bits per heavy atom. The first kappa shape index (κ1) is 13.5. The minimum Gasteiger partial charge on any atom is -0.478 e. The van der Waals surface area contributed by atoms with Gasteiger partial charge in [0.05, 0.1) is 0 Å². The third kappa shape index (κ3) is 4.46. The molecule has 0 bridgehead atoms. The van der Waals surface area contributed by atoms with Crippen LogP contribution in [0.15, 0.2) is 11.6 Å². The van der Waals surface area contributed by atoms with E-state index in [0.717, 1.165) is 0 Å². The highest BCUT2D eigenvalue weighted by Gasteiger charge is 2.23. The molecule has 1 heterocycles. The van der Waals surface area contributed by atoms with Crippen molar-refractivity contribution in [2.45, 2.75) is 39.2 Å². The van der Waals surface area contributed by atoms with Crippen LogP contribution in [0.1, 0.15) is 33.6 Å². The van der Waals surface area contributed by atoms with Crippen molar-refractivity contribution < 1.29 is 19.4 Å². The Morgan fingerprint density at radius 3 is 2.53 bits per heavy atom. The smallest absolute Gasteiger partial charge is 0.410 e. The van der Waals surface area contributed by atoms with Crippen molar-refractivity contribution in [3.8, 4) is 0 Å². The average Bonchev–Trinajstić information content (AvgIpc) is 2.39. The highest BCUT2D eigenvalue weighted by atomic mass is 16.6. The van der Waals surface area contributed by atoms with Crippen molar-refractivity contribution in [1.29, 1.82) is 0 Å². The molecule has 0 aromatic carbocycles. The highest BCUT2D eigenvalue weighted by Crippen LogP contribution is 2.15. The van der Waals surface area contributed by atoms with Gasteiger partial charge in [0.2, 0.25) is 0 Å². The number of carbonyl (C=O) groups excluding carboxylic acids is 1. The zero-order valence-corrected chi connectivity index (χ0v) is 10.5. The number of carboxylic acids is 1. The fourth-order valence-electron chi connectivity index (χ4n) is 1.57. The summed E-state index contributed by atoms with van der Waals surface area (Å²) in [6.45, 7) is 6.33. The van der Waals surface area contributed by atoms with E-state index in [1.807, 2.05) is 20.8 Å². The second-order valence-corrected chi connectivity index (χ2v) is 5.04. The number of aliphatic carboxylic acids is 1. The summed E-state index contributed by atoms with van der Waals surface area (Å²) in [5.41, 5.74) is -0.150. The summed E-state index contributed by atoms with van der Waals surface area (Å²) in [5.74, 6) is -0.906. The summed E-state index contributed by atoms with van der Waals surface area (Å²) < 4.78 is 5.24. The van der Waals surface area contributed by atoms with Crippen LogP contribution in [0.25, 0.3) is 0 Å². The molecule has 1 aliphatic heterocycles.